The Balaban J connectivity index is 1.73. The van der Waals surface area contributed by atoms with Crippen LogP contribution in [0.4, 0.5) is 0 Å². The number of H-pyrrole nitrogens is 1. The van der Waals surface area contributed by atoms with Gasteiger partial charge in [0, 0.05) is 18.8 Å². The van der Waals surface area contributed by atoms with E-state index in [1.54, 1.807) is 12.4 Å². The highest BCUT2D eigenvalue weighted by Gasteiger charge is 2.17. The van der Waals surface area contributed by atoms with Gasteiger partial charge in [0.2, 0.25) is 5.91 Å². The molecule has 0 saturated heterocycles. The van der Waals surface area contributed by atoms with Crippen molar-refractivity contribution < 1.29 is 4.79 Å². The minimum Gasteiger partial charge on any atom is -0.347 e. The molecule has 0 bridgehead atoms. The Kier molecular flexibility index (Phi) is 5.43. The first-order valence-electron chi connectivity index (χ1n) is 7.58. The van der Waals surface area contributed by atoms with Crippen molar-refractivity contribution in [3.63, 3.8) is 0 Å². The number of nitrogens with zero attached hydrogens (tertiary/aromatic N) is 1. The molecule has 1 amide bonds. The second kappa shape index (κ2) is 7.31. The van der Waals surface area contributed by atoms with Gasteiger partial charge in [-0.3, -0.25) is 4.79 Å². The van der Waals surface area contributed by atoms with E-state index in [1.165, 1.54) is 32.1 Å². The number of aromatic nitrogens is 2. The van der Waals surface area contributed by atoms with E-state index in [-0.39, 0.29) is 11.9 Å². The molecule has 2 rings (SSSR count). The van der Waals surface area contributed by atoms with Crippen molar-refractivity contribution in [2.24, 2.45) is 5.92 Å². The molecular weight excluding hydrogens is 238 g/mol. The maximum atomic E-state index is 12.0. The summed E-state index contributed by atoms with van der Waals surface area (Å²) < 4.78 is 0. The fourth-order valence-electron chi connectivity index (χ4n) is 2.91. The molecule has 1 aromatic heterocycles. The summed E-state index contributed by atoms with van der Waals surface area (Å²) in [5, 5.41) is 3.08. The second-order valence-corrected chi connectivity index (χ2v) is 5.55. The number of rotatable bonds is 6. The van der Waals surface area contributed by atoms with Crippen molar-refractivity contribution >= 4 is 5.91 Å². The molecule has 0 spiro atoms. The molecule has 1 aliphatic carbocycles. The van der Waals surface area contributed by atoms with E-state index in [0.717, 1.165) is 24.6 Å². The Labute approximate surface area is 115 Å². The van der Waals surface area contributed by atoms with Gasteiger partial charge >= 0.3 is 0 Å². The van der Waals surface area contributed by atoms with Crippen LogP contribution in [0, 0.1) is 5.92 Å². The Morgan fingerprint density at radius 2 is 2.26 bits per heavy atom. The van der Waals surface area contributed by atoms with Gasteiger partial charge in [-0.2, -0.15) is 0 Å². The van der Waals surface area contributed by atoms with E-state index in [2.05, 4.69) is 22.2 Å². The SMILES string of the molecule is CCC(NC(=O)CCC1CCCCC1)c1ncc[nH]1. The molecule has 4 nitrogen and oxygen atoms in total. The number of nitrogens with one attached hydrogen (secondary N) is 2. The minimum absolute atomic E-state index is 0.0221. The third-order valence-corrected chi connectivity index (χ3v) is 4.10. The van der Waals surface area contributed by atoms with E-state index in [1.807, 2.05) is 0 Å². The molecule has 1 fully saturated rings. The van der Waals surface area contributed by atoms with E-state index < -0.39 is 0 Å². The highest BCUT2D eigenvalue weighted by atomic mass is 16.1. The van der Waals surface area contributed by atoms with Gasteiger partial charge < -0.3 is 10.3 Å². The van der Waals surface area contributed by atoms with Gasteiger partial charge in [0.1, 0.15) is 5.82 Å². The van der Waals surface area contributed by atoms with Crippen LogP contribution in [-0.4, -0.2) is 15.9 Å². The van der Waals surface area contributed by atoms with Crippen LogP contribution in [0.2, 0.25) is 0 Å². The number of imidazole rings is 1. The van der Waals surface area contributed by atoms with Crippen LogP contribution in [0.1, 0.15) is 70.2 Å². The molecular formula is C15H25N3O. The van der Waals surface area contributed by atoms with Gasteiger partial charge in [-0.05, 0) is 18.8 Å². The first-order chi connectivity index (χ1) is 9.29. The first-order valence-corrected chi connectivity index (χ1v) is 7.58. The largest absolute Gasteiger partial charge is 0.347 e. The van der Waals surface area contributed by atoms with Gasteiger partial charge in [-0.25, -0.2) is 4.98 Å². The number of aromatic amines is 1. The molecule has 1 atom stereocenters. The van der Waals surface area contributed by atoms with Crippen LogP contribution >= 0.6 is 0 Å². The van der Waals surface area contributed by atoms with Crippen LogP contribution < -0.4 is 5.32 Å². The summed E-state index contributed by atoms with van der Waals surface area (Å²) in [7, 11) is 0. The third-order valence-electron chi connectivity index (χ3n) is 4.10. The fourth-order valence-corrected chi connectivity index (χ4v) is 2.91. The zero-order chi connectivity index (χ0) is 13.5. The lowest BCUT2D eigenvalue weighted by Gasteiger charge is -2.21. The number of hydrogen-bond acceptors (Lipinski definition) is 2. The van der Waals surface area contributed by atoms with Gasteiger partial charge in [-0.15, -0.1) is 0 Å². The van der Waals surface area contributed by atoms with Crippen LogP contribution in [0.3, 0.4) is 0 Å². The lowest BCUT2D eigenvalue weighted by atomic mass is 9.86. The number of carbonyl (C=O) groups is 1. The van der Waals surface area contributed by atoms with Crippen LogP contribution in [0.15, 0.2) is 12.4 Å². The number of amides is 1. The van der Waals surface area contributed by atoms with Crippen molar-refractivity contribution in [3.8, 4) is 0 Å². The van der Waals surface area contributed by atoms with Crippen LogP contribution in [0.5, 0.6) is 0 Å². The molecule has 1 aromatic rings. The van der Waals surface area contributed by atoms with Gasteiger partial charge in [0.15, 0.2) is 0 Å². The highest BCUT2D eigenvalue weighted by molar-refractivity contribution is 5.76. The molecule has 1 heterocycles. The molecule has 19 heavy (non-hydrogen) atoms. The number of carbonyl (C=O) groups excluding carboxylic acids is 1. The van der Waals surface area contributed by atoms with Gasteiger partial charge in [-0.1, -0.05) is 39.0 Å². The molecule has 1 unspecified atom stereocenters. The Bertz CT molecular complexity index is 369. The van der Waals surface area contributed by atoms with Crippen molar-refractivity contribution in [2.75, 3.05) is 0 Å². The second-order valence-electron chi connectivity index (χ2n) is 5.55. The minimum atomic E-state index is 0.0221. The molecule has 2 N–H and O–H groups in total. The van der Waals surface area contributed by atoms with E-state index in [9.17, 15) is 4.79 Å². The zero-order valence-electron chi connectivity index (χ0n) is 11.8. The monoisotopic (exact) mass is 263 g/mol. The normalized spacial score (nSPS) is 18.2. The first kappa shape index (κ1) is 14.1. The topological polar surface area (TPSA) is 57.8 Å². The quantitative estimate of drug-likeness (QED) is 0.827. The summed E-state index contributed by atoms with van der Waals surface area (Å²) in [6.07, 6.45) is 12.8. The fraction of sp³-hybridized carbons (Fsp3) is 0.733. The maximum Gasteiger partial charge on any atom is 0.220 e. The van der Waals surface area contributed by atoms with E-state index in [0.29, 0.717) is 6.42 Å². The van der Waals surface area contributed by atoms with Crippen LogP contribution in [0.25, 0.3) is 0 Å². The predicted molar refractivity (Wildman–Crippen MR) is 75.6 cm³/mol. The summed E-state index contributed by atoms with van der Waals surface area (Å²) in [4.78, 5) is 19.3. The average Bonchev–Trinajstić information content (AvgIpc) is 2.97. The van der Waals surface area contributed by atoms with Gasteiger partial charge in [0.25, 0.3) is 0 Å². The van der Waals surface area contributed by atoms with Gasteiger partial charge in [0.05, 0.1) is 6.04 Å². The summed E-state index contributed by atoms with van der Waals surface area (Å²) in [6, 6.07) is 0.0221. The third kappa shape index (κ3) is 4.37. The Morgan fingerprint density at radius 1 is 1.47 bits per heavy atom. The summed E-state index contributed by atoms with van der Waals surface area (Å²) in [6.45, 7) is 2.06. The summed E-state index contributed by atoms with van der Waals surface area (Å²) in [5.41, 5.74) is 0. The van der Waals surface area contributed by atoms with Crippen molar-refractivity contribution in [3.05, 3.63) is 18.2 Å². The highest BCUT2D eigenvalue weighted by Crippen LogP contribution is 2.27. The summed E-state index contributed by atoms with van der Waals surface area (Å²) >= 11 is 0. The molecule has 0 aromatic carbocycles. The van der Waals surface area contributed by atoms with Crippen LogP contribution in [-0.2, 0) is 4.79 Å². The van der Waals surface area contributed by atoms with E-state index in [4.69, 9.17) is 0 Å². The Morgan fingerprint density at radius 3 is 2.89 bits per heavy atom. The maximum absolute atomic E-state index is 12.0. The number of hydrogen-bond donors (Lipinski definition) is 2. The standard InChI is InChI=1S/C15H25N3O/c1-2-13(15-16-10-11-17-15)18-14(19)9-8-12-6-4-3-5-7-12/h10-13H,2-9H2,1H3,(H,16,17)(H,18,19). The Hall–Kier alpha value is -1.32. The molecule has 0 radical (unpaired) electrons. The summed E-state index contributed by atoms with van der Waals surface area (Å²) in [5.74, 6) is 1.78. The molecule has 1 aliphatic rings. The van der Waals surface area contributed by atoms with Crippen molar-refractivity contribution in [2.45, 2.75) is 64.3 Å². The molecule has 0 aliphatic heterocycles. The lowest BCUT2D eigenvalue weighted by molar-refractivity contribution is -0.122. The van der Waals surface area contributed by atoms with Crippen molar-refractivity contribution in [1.29, 1.82) is 0 Å². The lowest BCUT2D eigenvalue weighted by Crippen LogP contribution is -2.29. The average molecular weight is 263 g/mol. The van der Waals surface area contributed by atoms with E-state index >= 15 is 0 Å². The molecule has 4 heteroatoms. The van der Waals surface area contributed by atoms with Crippen molar-refractivity contribution in [1.82, 2.24) is 15.3 Å². The smallest absolute Gasteiger partial charge is 0.220 e. The molecule has 1 saturated carbocycles. The zero-order valence-corrected chi connectivity index (χ0v) is 11.8. The predicted octanol–water partition coefficient (Wildman–Crippen LogP) is 3.34. The molecule has 106 valence electrons.